The summed E-state index contributed by atoms with van der Waals surface area (Å²) < 4.78 is 207. The molecular weight excluding hydrogens is 1140 g/mol. The Bertz CT molecular complexity index is 4400. The van der Waals surface area contributed by atoms with Gasteiger partial charge < -0.3 is 18.6 Å². The highest BCUT2D eigenvalue weighted by Gasteiger charge is 2.44. The molecule has 2 aliphatic carbocycles. The highest BCUT2D eigenvalue weighted by molar-refractivity contribution is 7.91. The maximum Gasteiger partial charge on any atom is 0.248 e. The van der Waals surface area contributed by atoms with E-state index in [9.17, 15) is 34.4 Å². The Hall–Kier alpha value is -8.14. The zero-order valence-corrected chi connectivity index (χ0v) is 47.3. The van der Waals surface area contributed by atoms with Crippen LogP contribution in [0, 0.1) is 37.2 Å². The number of alkyl halides is 4. The fourth-order valence-corrected chi connectivity index (χ4v) is 13.5. The number of fused-ring (bicyclic) bond motifs is 6. The molecule has 0 amide bonds. The summed E-state index contributed by atoms with van der Waals surface area (Å²) in [6.45, 7) is -5.26. The first kappa shape index (κ1) is 50.4. The highest BCUT2D eigenvalue weighted by atomic mass is 32.2. The second-order valence-corrected chi connectivity index (χ2v) is 25.0. The van der Waals surface area contributed by atoms with Gasteiger partial charge in [-0.3, -0.25) is 19.9 Å². The lowest BCUT2D eigenvalue weighted by Gasteiger charge is -2.35. The number of hydrogen-bond donors (Lipinski definition) is 0. The first-order valence-electron chi connectivity index (χ1n) is 29.2. The summed E-state index contributed by atoms with van der Waals surface area (Å²) in [5, 5.41) is 15.9. The number of aryl methyl sites for hydroxylation is 4. The van der Waals surface area contributed by atoms with Gasteiger partial charge in [0, 0.05) is 96.4 Å². The highest BCUT2D eigenvalue weighted by Crippen LogP contribution is 2.50. The minimum Gasteiger partial charge on any atom is -0.480 e. The average molecular weight is 1210 g/mol. The monoisotopic (exact) mass is 1200 g/mol. The predicted molar refractivity (Wildman–Crippen MR) is 297 cm³/mol. The number of pyridine rings is 6. The van der Waals surface area contributed by atoms with E-state index < -0.39 is 106 Å². The Morgan fingerprint density at radius 3 is 1.31 bits per heavy atom. The summed E-state index contributed by atoms with van der Waals surface area (Å²) in [6.07, 6.45) is 7.98. The van der Waals surface area contributed by atoms with Crippen LogP contribution in [-0.2, 0) is 33.8 Å². The van der Waals surface area contributed by atoms with E-state index >= 15 is 8.78 Å². The molecule has 0 radical (unpaired) electrons. The molecule has 0 N–H and O–H groups in total. The number of methoxy groups -OCH3 is 2. The molecular formula is C56H56F6N14O6S2. The maximum atomic E-state index is 15.7. The quantitative estimate of drug-likeness (QED) is 0.103. The summed E-state index contributed by atoms with van der Waals surface area (Å²) >= 11 is 0. The third kappa shape index (κ3) is 10.2. The van der Waals surface area contributed by atoms with Crippen LogP contribution < -0.4 is 9.47 Å². The van der Waals surface area contributed by atoms with Gasteiger partial charge in [0.1, 0.15) is 32.5 Å². The Kier molecular flexibility index (Phi) is 12.9. The van der Waals surface area contributed by atoms with E-state index in [0.29, 0.717) is 0 Å². The van der Waals surface area contributed by atoms with Gasteiger partial charge in [-0.05, 0) is 87.6 Å². The molecule has 0 saturated heterocycles. The van der Waals surface area contributed by atoms with E-state index in [1.165, 1.54) is 86.7 Å². The number of halogens is 6. The van der Waals surface area contributed by atoms with Crippen LogP contribution >= 0.6 is 0 Å². The predicted octanol–water partition coefficient (Wildman–Crippen LogP) is 10.1. The molecule has 10 heterocycles. The van der Waals surface area contributed by atoms with E-state index in [4.69, 9.17) is 17.7 Å². The molecule has 0 bridgehead atoms. The number of hydrogen-bond acceptors (Lipinski definition) is 16. The molecule has 28 heteroatoms. The van der Waals surface area contributed by atoms with Crippen molar-refractivity contribution in [1.29, 1.82) is 0 Å². The van der Waals surface area contributed by atoms with Gasteiger partial charge >= 0.3 is 0 Å². The average Bonchev–Trinajstić information content (AvgIpc) is 1.56. The van der Waals surface area contributed by atoms with Crippen molar-refractivity contribution in [3.63, 3.8) is 0 Å². The summed E-state index contributed by atoms with van der Waals surface area (Å²) in [7, 11) is -2.24. The lowest BCUT2D eigenvalue weighted by Crippen LogP contribution is -2.31. The summed E-state index contributed by atoms with van der Waals surface area (Å²) in [4.78, 5) is 25.9. The fourth-order valence-electron chi connectivity index (χ4n) is 11.9. The van der Waals surface area contributed by atoms with E-state index in [1.54, 1.807) is 21.3 Å². The molecule has 10 aromatic heterocycles. The van der Waals surface area contributed by atoms with Crippen LogP contribution in [0.25, 0.3) is 66.4 Å². The zero-order valence-electron chi connectivity index (χ0n) is 51.7. The van der Waals surface area contributed by atoms with Crippen molar-refractivity contribution in [2.75, 3.05) is 26.7 Å². The molecule has 12 rings (SSSR count). The number of rotatable bonds is 12. The van der Waals surface area contributed by atoms with Crippen molar-refractivity contribution in [3.8, 4) is 34.3 Å². The normalized spacial score (nSPS) is 18.1. The molecule has 2 saturated carbocycles. The van der Waals surface area contributed by atoms with E-state index in [2.05, 4.69) is 50.5 Å². The van der Waals surface area contributed by atoms with Crippen molar-refractivity contribution in [2.45, 2.75) is 98.8 Å². The van der Waals surface area contributed by atoms with Crippen LogP contribution in [0.4, 0.5) is 26.3 Å². The van der Waals surface area contributed by atoms with Crippen molar-refractivity contribution in [1.82, 2.24) is 69.0 Å². The second kappa shape index (κ2) is 21.5. The van der Waals surface area contributed by atoms with Crippen LogP contribution in [0.1, 0.15) is 94.5 Å². The summed E-state index contributed by atoms with van der Waals surface area (Å²) in [5.41, 5.74) is 1.20. The Morgan fingerprint density at radius 2 is 0.976 bits per heavy atom. The lowest BCUT2D eigenvalue weighted by molar-refractivity contribution is -0.0501. The van der Waals surface area contributed by atoms with Gasteiger partial charge in [-0.1, -0.05) is 10.4 Å². The molecule has 2 unspecified atom stereocenters. The number of ether oxygens (including phenoxy) is 2. The third-order valence-electron chi connectivity index (χ3n) is 15.7. The van der Waals surface area contributed by atoms with Crippen molar-refractivity contribution < 1.29 is 60.9 Å². The van der Waals surface area contributed by atoms with Crippen LogP contribution in [0.2, 0.25) is 0 Å². The summed E-state index contributed by atoms with van der Waals surface area (Å²) in [5.74, 6) is -8.35. The van der Waals surface area contributed by atoms with Crippen LogP contribution in [0.3, 0.4) is 0 Å². The minimum absolute atomic E-state index is 0.00671. The van der Waals surface area contributed by atoms with E-state index in [1.807, 2.05) is 0 Å². The first-order valence-corrected chi connectivity index (χ1v) is 29.9. The van der Waals surface area contributed by atoms with E-state index in [-0.39, 0.29) is 136 Å². The lowest BCUT2D eigenvalue weighted by atomic mass is 9.80. The molecule has 2 fully saturated rings. The smallest absolute Gasteiger partial charge is 0.248 e. The number of nitrogens with zero attached hydrogens (tertiary/aromatic N) is 14. The van der Waals surface area contributed by atoms with Crippen LogP contribution in [0.15, 0.2) is 83.4 Å². The molecule has 0 spiro atoms. The Labute approximate surface area is 485 Å². The topological polar surface area (TPSA) is 235 Å². The van der Waals surface area contributed by atoms with Crippen molar-refractivity contribution in [2.24, 2.45) is 25.9 Å². The minimum atomic E-state index is -3.99. The largest absolute Gasteiger partial charge is 0.480 e. The fraction of sp³-hybridized carbons (Fsp3) is 0.393. The number of sulfone groups is 2. The molecule has 10 aromatic rings. The van der Waals surface area contributed by atoms with Gasteiger partial charge in [-0.15, -0.1) is 10.2 Å². The van der Waals surface area contributed by atoms with Crippen LogP contribution in [0.5, 0.6) is 11.8 Å². The zero-order chi connectivity index (χ0) is 64.9. The number of aromatic nitrogens is 14. The second-order valence-electron chi connectivity index (χ2n) is 21.0. The van der Waals surface area contributed by atoms with Gasteiger partial charge in [0.05, 0.1) is 106 Å². The molecule has 84 heavy (non-hydrogen) atoms. The molecule has 2 aliphatic rings. The van der Waals surface area contributed by atoms with E-state index in [0.717, 1.165) is 24.9 Å². The molecule has 0 aliphatic heterocycles. The first-order chi connectivity index (χ1) is 42.2. The van der Waals surface area contributed by atoms with Crippen LogP contribution in [-0.4, -0.2) is 124 Å². The van der Waals surface area contributed by atoms with Gasteiger partial charge in [0.25, 0.3) is 0 Å². The third-order valence-corrected chi connectivity index (χ3v) is 17.9. The Balaban J connectivity index is 0.000000185. The maximum absolute atomic E-state index is 15.7. The SMILES string of the molecule is [2H]C([2H])([2H])c1nnn(C)c1-c1cnc2c3c(OC)ncc(S(C)(=O)=O)c3n(C(c3ncccc3F)C3CCC(F)(F)CC3)c2c1.[2H]C([2H])([2H])c1nnn(C)c1-c1cnc2c3c(OC)ncc(S(C)(=O)=O)c3n(C(c3ncccc3F)C3CCC(F)(F)CC3)c2c1. The standard InChI is InChI=1S/2C28H28F3N7O3S/c2*1-15-24(37(2)36-35-15)17-12-19-23(33-13-17)21-26(20(42(4,39)40)14-34-27(21)41-3)38(19)25(22-18(29)6-5-11-32-22)16-7-9-28(30,31)10-8-16/h2*5-6,11-14,16,25H,7-10H2,1-4H3/i2*1D3. The van der Waals surface area contributed by atoms with Crippen molar-refractivity contribution >= 4 is 63.5 Å². The van der Waals surface area contributed by atoms with Gasteiger partial charge in [-0.25, -0.2) is 62.5 Å². The Morgan fingerprint density at radius 1 is 0.595 bits per heavy atom. The van der Waals surface area contributed by atoms with Gasteiger partial charge in [0.15, 0.2) is 19.7 Å². The summed E-state index contributed by atoms with van der Waals surface area (Å²) in [6, 6.07) is 6.22. The molecule has 440 valence electrons. The molecule has 20 nitrogen and oxygen atoms in total. The van der Waals surface area contributed by atoms with Crippen molar-refractivity contribution in [3.05, 3.63) is 108 Å². The van der Waals surface area contributed by atoms with Gasteiger partial charge in [-0.2, -0.15) is 0 Å². The molecule has 0 aromatic carbocycles. The molecule has 2 atom stereocenters. The van der Waals surface area contributed by atoms with Gasteiger partial charge in [0.2, 0.25) is 23.6 Å².